The standard InChI is InChI=1S/C92H84N26O17S5/c1-6-44-134-83-56-82(118-116-80-41-33-74(54-86(80)140(131,132)133)112-104-64-16-11-8-12-17-64)58(3)48-61(83)51-87-97-88(52-62-47-57(2)81(55-84(62)135-45-13-46-136(119,120)121)117-110-68-24-20-66(21-25-68)106-108-70-28-36-76(37-29-70)138(125,126)127)99-89(98-87)93-42-43-94-90-100-91(95-71-30-38-77(59(4)49-71)113-109-67-22-18-65(19-23-67)105-107-69-26-34-75(35-27-69)137(122,123)124)102-92(101-90)96-72-31-39-78(60(5)50-72)114-115-79-40-32-73(53-85(79)139(128,129)130)111-103-63-14-9-7-10-15-63/h7-12,14-41,47-50,53-56H,6,13,42-46,51-52H2,1-5H3,(H,119,120,121)(H,122,123,124)(H,125,126,127)(H,128,129,130)(H,131,132,133)(H,93,97,98,99)(H3,94,95,96,100,101,102). The molecule has 0 atom stereocenters. The van der Waals surface area contributed by atoms with Crippen molar-refractivity contribution in [2.45, 2.75) is 79.9 Å². The van der Waals surface area contributed by atoms with Crippen LogP contribution in [0.15, 0.2) is 356 Å². The molecule has 43 nitrogen and oxygen atoms in total. The summed E-state index contributed by atoms with van der Waals surface area (Å²) in [6.45, 7) is 9.27. The Morgan fingerprint density at radius 2 is 0.600 bits per heavy atom. The van der Waals surface area contributed by atoms with Gasteiger partial charge in [-0.15, -0.1) is 10.2 Å². The maximum atomic E-state index is 12.9. The van der Waals surface area contributed by atoms with E-state index in [0.717, 1.165) is 12.1 Å². The fraction of sp³-hybridized carbons (Fsp3) is 0.152. The van der Waals surface area contributed by atoms with Gasteiger partial charge in [0, 0.05) is 60.6 Å². The van der Waals surface area contributed by atoms with Gasteiger partial charge in [0.25, 0.3) is 50.6 Å². The summed E-state index contributed by atoms with van der Waals surface area (Å²) in [5.74, 6) is 0.665. The highest BCUT2D eigenvalue weighted by Gasteiger charge is 2.23. The lowest BCUT2D eigenvalue weighted by Gasteiger charge is -2.16. The molecule has 0 aliphatic carbocycles. The third-order valence-electron chi connectivity index (χ3n) is 19.8. The first-order chi connectivity index (χ1) is 67.0. The second-order valence-electron chi connectivity index (χ2n) is 30.6. The number of azo groups is 8. The number of rotatable bonds is 41. The molecule has 0 spiro atoms. The van der Waals surface area contributed by atoms with Gasteiger partial charge in [0.05, 0.1) is 108 Å². The topological polar surface area (TPSA) is 614 Å². The molecule has 14 aromatic rings. The van der Waals surface area contributed by atoms with E-state index in [1.165, 1.54) is 72.8 Å². The van der Waals surface area contributed by atoms with Gasteiger partial charge in [0.1, 0.15) is 44.3 Å². The van der Waals surface area contributed by atoms with Gasteiger partial charge in [-0.2, -0.15) is 139 Å². The summed E-state index contributed by atoms with van der Waals surface area (Å²) < 4.78 is 183. The molecule has 9 N–H and O–H groups in total. The fourth-order valence-corrected chi connectivity index (χ4v) is 15.6. The molecule has 0 bridgehead atoms. The van der Waals surface area contributed by atoms with Crippen LogP contribution in [0.4, 0.5) is 126 Å². The summed E-state index contributed by atoms with van der Waals surface area (Å²) in [4.78, 5) is 27.5. The predicted octanol–water partition coefficient (Wildman–Crippen LogP) is 24.2. The SMILES string of the molecule is CCCOc1cc(N=Nc2ccc(N=Nc3ccccc3)cc2S(=O)(=O)O)c(C)cc1Cc1nc(Cc2cc(C)c(N=Nc3ccc(N=Nc4ccc(S(=O)(=O)O)cc4)cc3)cc2OCCCS(=O)(=O)O)nc(NCCNc2nc(Nc3ccc(N=Nc4ccc(N=Nc5ccc(S(=O)(=O)O)cc5)cc4)c(C)c3)nc(Nc3ccc(N=Nc4ccc(N=Nc5ccccc5)cc4S(=O)(=O)O)c(C)c3)n2)n1. The second-order valence-corrected chi connectivity index (χ2v) is 37.8. The van der Waals surface area contributed by atoms with Crippen molar-refractivity contribution < 1.29 is 74.3 Å². The van der Waals surface area contributed by atoms with Gasteiger partial charge in [-0.1, -0.05) is 43.3 Å². The lowest BCUT2D eigenvalue weighted by molar-refractivity contribution is 0.313. The number of nitrogens with one attached hydrogen (secondary N) is 4. The Kier molecular flexibility index (Phi) is 32.2. The average molecular weight is 1990 g/mol. The van der Waals surface area contributed by atoms with E-state index in [-0.39, 0.29) is 125 Å². The first kappa shape index (κ1) is 99.8. The maximum absolute atomic E-state index is 12.9. The maximum Gasteiger partial charge on any atom is 0.296 e. The molecule has 0 unspecified atom stereocenters. The molecule has 714 valence electrons. The van der Waals surface area contributed by atoms with Crippen LogP contribution in [-0.4, -0.2) is 127 Å². The molecular formula is C92H84N26O17S5. The number of hydrogen-bond acceptors (Lipinski definition) is 38. The van der Waals surface area contributed by atoms with Crippen molar-refractivity contribution in [3.63, 3.8) is 0 Å². The quantitative estimate of drug-likeness (QED) is 0.00976. The lowest BCUT2D eigenvalue weighted by Crippen LogP contribution is -2.19. The highest BCUT2D eigenvalue weighted by molar-refractivity contribution is 7.87. The highest BCUT2D eigenvalue weighted by atomic mass is 32.2. The Balaban J connectivity index is 0.758. The molecule has 0 fully saturated rings. The Morgan fingerprint density at radius 3 is 0.971 bits per heavy atom. The lowest BCUT2D eigenvalue weighted by atomic mass is 10.0. The minimum atomic E-state index is -4.88. The molecular weight excluding hydrogens is 1900 g/mol. The number of hydrogen-bond donors (Lipinski definition) is 9. The zero-order valence-corrected chi connectivity index (χ0v) is 78.7. The Morgan fingerprint density at radius 1 is 0.293 bits per heavy atom. The van der Waals surface area contributed by atoms with E-state index < -0.39 is 66.1 Å². The van der Waals surface area contributed by atoms with Crippen LogP contribution in [0.5, 0.6) is 11.5 Å². The molecule has 0 amide bonds. The Labute approximate surface area is 802 Å². The van der Waals surface area contributed by atoms with Crippen LogP contribution in [0, 0.1) is 27.7 Å². The van der Waals surface area contributed by atoms with Gasteiger partial charge in [-0.05, 0) is 269 Å². The molecule has 0 radical (unpaired) electrons. The number of nitrogens with zero attached hydrogens (tertiary/aromatic N) is 22. The summed E-state index contributed by atoms with van der Waals surface area (Å²) in [7, 11) is -22.9. The zero-order valence-electron chi connectivity index (χ0n) is 74.6. The normalized spacial score (nSPS) is 12.4. The van der Waals surface area contributed by atoms with E-state index in [0.29, 0.717) is 119 Å². The number of benzene rings is 12. The number of aryl methyl sites for hydroxylation is 4. The molecule has 0 saturated heterocycles. The van der Waals surface area contributed by atoms with E-state index in [9.17, 15) is 64.9 Å². The molecule has 140 heavy (non-hydrogen) atoms. The third kappa shape index (κ3) is 29.2. The second kappa shape index (κ2) is 45.2. The highest BCUT2D eigenvalue weighted by Crippen LogP contribution is 2.40. The summed E-state index contributed by atoms with van der Waals surface area (Å²) >= 11 is 0. The monoisotopic (exact) mass is 1980 g/mol. The minimum Gasteiger partial charge on any atom is -0.493 e. The summed E-state index contributed by atoms with van der Waals surface area (Å²) in [6, 6.07) is 66.1. The Bertz CT molecular complexity index is 7800. The average Bonchev–Trinajstić information content (AvgIpc) is 0.807. The van der Waals surface area contributed by atoms with Crippen molar-refractivity contribution in [3.05, 3.63) is 300 Å². The largest absolute Gasteiger partial charge is 0.493 e. The van der Waals surface area contributed by atoms with E-state index in [1.54, 1.807) is 185 Å². The van der Waals surface area contributed by atoms with Crippen molar-refractivity contribution >= 4 is 177 Å². The first-order valence-corrected chi connectivity index (χ1v) is 49.6. The Hall–Kier alpha value is -16.2. The van der Waals surface area contributed by atoms with Crippen LogP contribution < -0.4 is 30.7 Å². The van der Waals surface area contributed by atoms with Gasteiger partial charge >= 0.3 is 0 Å². The molecule has 0 aliphatic rings. The van der Waals surface area contributed by atoms with Gasteiger partial charge in [-0.25, -0.2) is 4.98 Å². The molecule has 0 saturated carbocycles. The van der Waals surface area contributed by atoms with Crippen LogP contribution in [0.3, 0.4) is 0 Å². The van der Waals surface area contributed by atoms with Crippen molar-refractivity contribution in [2.75, 3.05) is 53.3 Å². The number of ether oxygens (including phenoxy) is 2. The van der Waals surface area contributed by atoms with E-state index in [4.69, 9.17) is 39.4 Å². The fourth-order valence-electron chi connectivity index (χ4n) is 12.9. The molecule has 2 heterocycles. The molecule has 0 aliphatic heterocycles. The van der Waals surface area contributed by atoms with Crippen LogP contribution in [0.2, 0.25) is 0 Å². The third-order valence-corrected chi connectivity index (χ3v) is 24.1. The van der Waals surface area contributed by atoms with Crippen molar-refractivity contribution in [1.29, 1.82) is 0 Å². The van der Waals surface area contributed by atoms with Crippen LogP contribution in [0.25, 0.3) is 0 Å². The minimum absolute atomic E-state index is 0.00329. The summed E-state index contributed by atoms with van der Waals surface area (Å²) in [6.07, 6.45) is 0.422. The van der Waals surface area contributed by atoms with Gasteiger partial charge in [0.15, 0.2) is 0 Å². The van der Waals surface area contributed by atoms with Gasteiger partial charge in [-0.3, -0.25) is 22.8 Å². The number of anilines is 6. The summed E-state index contributed by atoms with van der Waals surface area (Å²) in [5.41, 5.74) is 9.31. The van der Waals surface area contributed by atoms with E-state index >= 15 is 0 Å². The summed E-state index contributed by atoms with van der Waals surface area (Å²) in [5, 5.41) is 81.7. The van der Waals surface area contributed by atoms with Gasteiger partial charge in [0.2, 0.25) is 23.8 Å². The molecule has 12 aromatic carbocycles. The van der Waals surface area contributed by atoms with Crippen LogP contribution in [-0.2, 0) is 63.4 Å². The first-order valence-electron chi connectivity index (χ1n) is 42.2. The number of aromatic nitrogens is 6. The van der Waals surface area contributed by atoms with Crippen LogP contribution >= 0.6 is 0 Å². The zero-order chi connectivity index (χ0) is 99.1. The van der Waals surface area contributed by atoms with E-state index in [2.05, 4.69) is 103 Å². The van der Waals surface area contributed by atoms with Crippen LogP contribution in [0.1, 0.15) is 64.8 Å². The van der Waals surface area contributed by atoms with Crippen molar-refractivity contribution in [3.8, 4) is 11.5 Å². The molecule has 14 rings (SSSR count). The van der Waals surface area contributed by atoms with E-state index in [1.807, 2.05) is 19.9 Å². The van der Waals surface area contributed by atoms with Crippen molar-refractivity contribution in [1.82, 2.24) is 29.9 Å². The van der Waals surface area contributed by atoms with Crippen molar-refractivity contribution in [2.24, 2.45) is 81.8 Å². The molecule has 2 aromatic heterocycles. The van der Waals surface area contributed by atoms with Gasteiger partial charge < -0.3 is 30.7 Å². The predicted molar refractivity (Wildman–Crippen MR) is 520 cm³/mol. The molecule has 48 heteroatoms. The smallest absolute Gasteiger partial charge is 0.296 e.